The maximum atomic E-state index is 12.8. The molecule has 0 unspecified atom stereocenters. The Bertz CT molecular complexity index is 390. The number of benzene rings is 1. The van der Waals surface area contributed by atoms with Crippen molar-refractivity contribution in [2.45, 2.75) is 6.42 Å². The molecule has 0 aliphatic carbocycles. The topological polar surface area (TPSA) is 29.1 Å². The van der Waals surface area contributed by atoms with Crippen molar-refractivity contribution in [2.24, 2.45) is 5.92 Å². The van der Waals surface area contributed by atoms with Crippen LogP contribution in [-0.2, 0) is 11.2 Å². The van der Waals surface area contributed by atoms with E-state index < -0.39 is 0 Å². The largest absolute Gasteiger partial charge is 0.315 e. The normalized spacial score (nSPS) is 16.1. The molecule has 4 heteroatoms. The zero-order valence-corrected chi connectivity index (χ0v) is 9.68. The first-order valence-corrected chi connectivity index (χ1v) is 5.63. The molecule has 0 amide bonds. The molecule has 1 N–H and O–H groups in total. The third kappa shape index (κ3) is 2.44. The van der Waals surface area contributed by atoms with Crippen LogP contribution in [-0.4, -0.2) is 18.9 Å². The lowest BCUT2D eigenvalue weighted by Gasteiger charge is -2.25. The molecule has 1 saturated heterocycles. The maximum absolute atomic E-state index is 12.8. The molecule has 0 spiro atoms. The van der Waals surface area contributed by atoms with Crippen LogP contribution in [0.15, 0.2) is 22.7 Å². The zero-order chi connectivity index (χ0) is 10.8. The van der Waals surface area contributed by atoms with Crippen molar-refractivity contribution in [3.05, 3.63) is 34.1 Å². The Morgan fingerprint density at radius 3 is 2.80 bits per heavy atom. The van der Waals surface area contributed by atoms with Crippen molar-refractivity contribution in [3.8, 4) is 0 Å². The average molecular weight is 272 g/mol. The molecule has 15 heavy (non-hydrogen) atoms. The maximum Gasteiger partial charge on any atom is 0.142 e. The molecular formula is C11H11BrFNO. The van der Waals surface area contributed by atoms with Crippen LogP contribution in [0.4, 0.5) is 4.39 Å². The smallest absolute Gasteiger partial charge is 0.142 e. The van der Waals surface area contributed by atoms with Crippen LogP contribution < -0.4 is 5.32 Å². The Labute approximate surface area is 96.0 Å². The molecule has 1 fully saturated rings. The van der Waals surface area contributed by atoms with Crippen molar-refractivity contribution >= 4 is 21.7 Å². The molecule has 1 aliphatic heterocycles. The van der Waals surface area contributed by atoms with Crippen molar-refractivity contribution < 1.29 is 9.18 Å². The number of carbonyl (C=O) groups is 1. The number of carbonyl (C=O) groups excluding carboxylic acids is 1. The summed E-state index contributed by atoms with van der Waals surface area (Å²) in [4.78, 5) is 11.7. The molecule has 2 rings (SSSR count). The summed E-state index contributed by atoms with van der Waals surface area (Å²) < 4.78 is 13.5. The second kappa shape index (κ2) is 4.41. The van der Waals surface area contributed by atoms with E-state index in [1.54, 1.807) is 6.07 Å². The molecule has 1 aromatic rings. The van der Waals surface area contributed by atoms with Gasteiger partial charge in [0.15, 0.2) is 0 Å². The van der Waals surface area contributed by atoms with Gasteiger partial charge < -0.3 is 5.32 Å². The van der Waals surface area contributed by atoms with Gasteiger partial charge in [-0.25, -0.2) is 4.39 Å². The summed E-state index contributed by atoms with van der Waals surface area (Å²) in [7, 11) is 0. The molecule has 0 aromatic heterocycles. The lowest BCUT2D eigenvalue weighted by atomic mass is 9.93. The van der Waals surface area contributed by atoms with Crippen molar-refractivity contribution in [1.82, 2.24) is 5.32 Å². The Morgan fingerprint density at radius 1 is 1.53 bits per heavy atom. The minimum atomic E-state index is -0.289. The first kappa shape index (κ1) is 10.8. The molecule has 0 radical (unpaired) electrons. The van der Waals surface area contributed by atoms with Crippen LogP contribution in [0.1, 0.15) is 5.56 Å². The van der Waals surface area contributed by atoms with Crippen LogP contribution in [0.5, 0.6) is 0 Å². The third-order valence-corrected chi connectivity index (χ3v) is 3.35. The minimum absolute atomic E-state index is 0.141. The molecule has 2 nitrogen and oxygen atoms in total. The van der Waals surface area contributed by atoms with E-state index in [1.807, 2.05) is 0 Å². The van der Waals surface area contributed by atoms with E-state index >= 15 is 0 Å². The highest BCUT2D eigenvalue weighted by Crippen LogP contribution is 2.20. The number of hydrogen-bond donors (Lipinski definition) is 1. The van der Waals surface area contributed by atoms with Gasteiger partial charge in [-0.1, -0.05) is 22.0 Å². The molecule has 0 saturated carbocycles. The second-order valence-corrected chi connectivity index (χ2v) is 4.59. The van der Waals surface area contributed by atoms with Gasteiger partial charge in [-0.3, -0.25) is 4.79 Å². The highest BCUT2D eigenvalue weighted by Gasteiger charge is 2.24. The van der Waals surface area contributed by atoms with Gasteiger partial charge in [-0.15, -0.1) is 0 Å². The Hall–Kier alpha value is -0.740. The average Bonchev–Trinajstić information content (AvgIpc) is 2.07. The first-order chi connectivity index (χ1) is 7.16. The van der Waals surface area contributed by atoms with E-state index in [0.29, 0.717) is 10.9 Å². The monoisotopic (exact) mass is 271 g/mol. The van der Waals surface area contributed by atoms with Crippen LogP contribution in [0.25, 0.3) is 0 Å². The van der Waals surface area contributed by atoms with Gasteiger partial charge in [-0.05, 0) is 17.7 Å². The van der Waals surface area contributed by atoms with E-state index in [9.17, 15) is 9.18 Å². The van der Waals surface area contributed by atoms with Gasteiger partial charge in [0.05, 0.1) is 0 Å². The lowest BCUT2D eigenvalue weighted by Crippen LogP contribution is -2.47. The van der Waals surface area contributed by atoms with Gasteiger partial charge in [0.1, 0.15) is 11.6 Å². The van der Waals surface area contributed by atoms with E-state index in [2.05, 4.69) is 21.2 Å². The van der Waals surface area contributed by atoms with Crippen LogP contribution in [0.3, 0.4) is 0 Å². The number of Topliss-reactive ketones (excluding diaryl/α,β-unsaturated/α-hetero) is 1. The fraction of sp³-hybridized carbons (Fsp3) is 0.364. The van der Waals surface area contributed by atoms with Gasteiger partial charge >= 0.3 is 0 Å². The quantitative estimate of drug-likeness (QED) is 0.910. The summed E-state index contributed by atoms with van der Waals surface area (Å²) in [5, 5.41) is 3.06. The highest BCUT2D eigenvalue weighted by atomic mass is 79.9. The van der Waals surface area contributed by atoms with E-state index in [0.717, 1.165) is 18.7 Å². The fourth-order valence-electron chi connectivity index (χ4n) is 1.51. The molecule has 80 valence electrons. The summed E-state index contributed by atoms with van der Waals surface area (Å²) in [6.07, 6.45) is 0.382. The molecule has 1 heterocycles. The zero-order valence-electron chi connectivity index (χ0n) is 8.09. The second-order valence-electron chi connectivity index (χ2n) is 3.73. The van der Waals surface area contributed by atoms with Crippen molar-refractivity contribution in [3.63, 3.8) is 0 Å². The van der Waals surface area contributed by atoms with Crippen LogP contribution in [0.2, 0.25) is 0 Å². The molecular weight excluding hydrogens is 261 g/mol. The molecule has 0 atom stereocenters. The SMILES string of the molecule is O=C(Cc1ccc(F)cc1Br)C1CNC1. The van der Waals surface area contributed by atoms with E-state index in [1.165, 1.54) is 12.1 Å². The number of rotatable bonds is 3. The number of ketones is 1. The van der Waals surface area contributed by atoms with Gasteiger partial charge in [0.25, 0.3) is 0 Å². The number of halogens is 2. The Kier molecular flexibility index (Phi) is 3.17. The van der Waals surface area contributed by atoms with Gasteiger partial charge in [0, 0.05) is 29.9 Å². The van der Waals surface area contributed by atoms with Crippen LogP contribution in [0, 0.1) is 11.7 Å². The summed E-state index contributed by atoms with van der Waals surface area (Å²) in [6, 6.07) is 4.43. The third-order valence-electron chi connectivity index (χ3n) is 2.62. The predicted octanol–water partition coefficient (Wildman–Crippen LogP) is 1.92. The Balaban J connectivity index is 2.06. The predicted molar refractivity (Wildman–Crippen MR) is 59.2 cm³/mol. The molecule has 0 bridgehead atoms. The molecule has 1 aromatic carbocycles. The first-order valence-electron chi connectivity index (χ1n) is 4.84. The summed E-state index contributed by atoms with van der Waals surface area (Å²) in [5.41, 5.74) is 0.855. The molecule has 1 aliphatic rings. The number of nitrogens with one attached hydrogen (secondary N) is 1. The fourth-order valence-corrected chi connectivity index (χ4v) is 2.00. The highest BCUT2D eigenvalue weighted by molar-refractivity contribution is 9.10. The van der Waals surface area contributed by atoms with Gasteiger partial charge in [0.2, 0.25) is 0 Å². The lowest BCUT2D eigenvalue weighted by molar-refractivity contribution is -0.123. The van der Waals surface area contributed by atoms with Crippen LogP contribution >= 0.6 is 15.9 Å². The summed E-state index contributed by atoms with van der Waals surface area (Å²) in [5.74, 6) is 0.0754. The summed E-state index contributed by atoms with van der Waals surface area (Å²) >= 11 is 3.26. The van der Waals surface area contributed by atoms with Gasteiger partial charge in [-0.2, -0.15) is 0 Å². The standard InChI is InChI=1S/C11H11BrFNO/c12-10-4-9(13)2-1-7(10)3-11(15)8-5-14-6-8/h1-2,4,8,14H,3,5-6H2. The Morgan fingerprint density at radius 2 is 2.27 bits per heavy atom. The minimum Gasteiger partial charge on any atom is -0.315 e. The van der Waals surface area contributed by atoms with Crippen molar-refractivity contribution in [1.29, 1.82) is 0 Å². The van der Waals surface area contributed by atoms with Crippen molar-refractivity contribution in [2.75, 3.05) is 13.1 Å². The summed E-state index contributed by atoms with van der Waals surface area (Å²) in [6.45, 7) is 1.55. The number of hydrogen-bond acceptors (Lipinski definition) is 2. The van der Waals surface area contributed by atoms with E-state index in [4.69, 9.17) is 0 Å². The van der Waals surface area contributed by atoms with E-state index in [-0.39, 0.29) is 17.5 Å².